The van der Waals surface area contributed by atoms with Crippen LogP contribution in [-0.4, -0.2) is 193 Å². The summed E-state index contributed by atoms with van der Waals surface area (Å²) in [4.78, 5) is 13.6. The van der Waals surface area contributed by atoms with Crippen molar-refractivity contribution in [3.8, 4) is 0 Å². The Hall–Kier alpha value is -1.21. The first kappa shape index (κ1) is 106. The molecule has 672 valence electrons. The summed E-state index contributed by atoms with van der Waals surface area (Å²) in [6.45, 7) is 1.90. The molecule has 3 heterocycles. The molecule has 3 aliphatic heterocycles. The fourth-order valence-corrected chi connectivity index (χ4v) is 17.2. The second-order valence-electron chi connectivity index (χ2n) is 35.3. The van der Waals surface area contributed by atoms with Crippen molar-refractivity contribution in [1.82, 2.24) is 5.32 Å². The van der Waals surface area contributed by atoms with Crippen molar-refractivity contribution in [1.29, 1.82) is 0 Å². The van der Waals surface area contributed by atoms with Gasteiger partial charge in [-0.15, -0.1) is 0 Å². The molecule has 3 rings (SSSR count). The number of hydrogen-bond acceptors (Lipinski definition) is 18. The maximum atomic E-state index is 13.6. The predicted molar refractivity (Wildman–Crippen MR) is 457 cm³/mol. The molecule has 0 aromatic heterocycles. The fraction of sp³-hybridized carbons (Fsp3) is 0.989. The normalized spacial score (nSPS) is 24.7. The Bertz CT molecular complexity index is 2030. The van der Waals surface area contributed by atoms with Crippen LogP contribution in [0.5, 0.6) is 0 Å². The SMILES string of the molecule is CCCCCCCCCCCCCCCCCCCCCCCCCCCCCCCCCCCCCCCC(=O)NC(COC1OC(CO)C(OC2OC(CO)C(OC3OC(CO)C(O)C(O)C3O)C(O)C2O)C(O)C1O)C(O)CCCCCCCCCCCCCCCCCCCCCCCCCCCCCCCCC. The van der Waals surface area contributed by atoms with Crippen LogP contribution in [0.3, 0.4) is 0 Å². The first-order chi connectivity index (χ1) is 55.3. The van der Waals surface area contributed by atoms with Gasteiger partial charge in [-0.05, 0) is 12.8 Å². The molecule has 12 N–H and O–H groups in total. The van der Waals surface area contributed by atoms with Crippen LogP contribution < -0.4 is 5.32 Å². The second-order valence-corrected chi connectivity index (χ2v) is 35.3. The Labute approximate surface area is 691 Å². The molecule has 0 aromatic rings. The maximum Gasteiger partial charge on any atom is 0.220 e. The largest absolute Gasteiger partial charge is 0.394 e. The number of rotatable bonds is 82. The van der Waals surface area contributed by atoms with Gasteiger partial charge in [-0.1, -0.05) is 444 Å². The number of nitrogens with one attached hydrogen (secondary N) is 1. The van der Waals surface area contributed by atoms with Crippen LogP contribution in [0.4, 0.5) is 0 Å². The van der Waals surface area contributed by atoms with Gasteiger partial charge in [0.25, 0.3) is 0 Å². The molecule has 0 radical (unpaired) electrons. The smallest absolute Gasteiger partial charge is 0.220 e. The topological polar surface area (TPSA) is 307 Å². The van der Waals surface area contributed by atoms with E-state index in [1.807, 2.05) is 0 Å². The predicted octanol–water partition coefficient (Wildman–Crippen LogP) is 19.6. The number of ether oxygens (including phenoxy) is 6. The van der Waals surface area contributed by atoms with E-state index >= 15 is 0 Å². The van der Waals surface area contributed by atoms with E-state index in [0.717, 1.165) is 44.9 Å². The number of carbonyl (C=O) groups is 1. The molecule has 19 heteroatoms. The minimum absolute atomic E-state index is 0.230. The Morgan fingerprint density at radius 2 is 0.504 bits per heavy atom. The average Bonchev–Trinajstić information content (AvgIpc) is 0.779. The van der Waals surface area contributed by atoms with Crippen molar-refractivity contribution >= 4 is 5.91 Å². The summed E-state index contributed by atoms with van der Waals surface area (Å²) in [7, 11) is 0. The highest BCUT2D eigenvalue weighted by Gasteiger charge is 2.54. The highest BCUT2D eigenvalue weighted by molar-refractivity contribution is 5.76. The number of aliphatic hydroxyl groups excluding tert-OH is 11. The van der Waals surface area contributed by atoms with Crippen LogP contribution in [0.1, 0.15) is 463 Å². The van der Waals surface area contributed by atoms with Crippen LogP contribution in [0.25, 0.3) is 0 Å². The highest BCUT2D eigenvalue weighted by Crippen LogP contribution is 2.34. The molecule has 3 aliphatic rings. The number of amides is 1. The van der Waals surface area contributed by atoms with E-state index in [4.69, 9.17) is 28.4 Å². The molecule has 3 saturated heterocycles. The Balaban J connectivity index is 1.28. The first-order valence-corrected chi connectivity index (χ1v) is 48.8. The molecule has 0 saturated carbocycles. The van der Waals surface area contributed by atoms with E-state index in [9.17, 15) is 61.0 Å². The van der Waals surface area contributed by atoms with E-state index in [1.54, 1.807) is 0 Å². The molecular weight excluding hydrogens is 1430 g/mol. The van der Waals surface area contributed by atoms with E-state index < -0.39 is 124 Å². The molecule has 1 amide bonds. The summed E-state index contributed by atoms with van der Waals surface area (Å²) in [5, 5.41) is 122. The highest BCUT2D eigenvalue weighted by atomic mass is 16.8. The van der Waals surface area contributed by atoms with Crippen molar-refractivity contribution in [2.24, 2.45) is 0 Å². The summed E-state index contributed by atoms with van der Waals surface area (Å²) in [5.74, 6) is -0.230. The van der Waals surface area contributed by atoms with Crippen LogP contribution in [-0.2, 0) is 33.2 Å². The minimum atomic E-state index is -1.97. The van der Waals surface area contributed by atoms with E-state index in [-0.39, 0.29) is 18.9 Å². The lowest BCUT2D eigenvalue weighted by Gasteiger charge is -2.48. The molecular formula is C94H183NO18. The monoisotopic (exact) mass is 1610 g/mol. The van der Waals surface area contributed by atoms with Gasteiger partial charge in [-0.3, -0.25) is 4.79 Å². The van der Waals surface area contributed by atoms with Gasteiger partial charge in [0.15, 0.2) is 18.9 Å². The minimum Gasteiger partial charge on any atom is -0.394 e. The van der Waals surface area contributed by atoms with Gasteiger partial charge < -0.3 is 89.9 Å². The van der Waals surface area contributed by atoms with E-state index in [2.05, 4.69) is 19.2 Å². The first-order valence-electron chi connectivity index (χ1n) is 48.8. The number of carbonyl (C=O) groups excluding carboxylic acids is 1. The zero-order valence-corrected chi connectivity index (χ0v) is 72.9. The molecule has 17 atom stereocenters. The number of hydrogen-bond donors (Lipinski definition) is 12. The quantitative estimate of drug-likeness (QED) is 0.0252. The molecule has 3 fully saturated rings. The lowest BCUT2D eigenvalue weighted by Crippen LogP contribution is -2.66. The zero-order valence-electron chi connectivity index (χ0n) is 72.9. The third-order valence-corrected chi connectivity index (χ3v) is 24.9. The Morgan fingerprint density at radius 3 is 0.770 bits per heavy atom. The zero-order chi connectivity index (χ0) is 81.7. The third-order valence-electron chi connectivity index (χ3n) is 24.9. The van der Waals surface area contributed by atoms with Crippen molar-refractivity contribution in [3.63, 3.8) is 0 Å². The van der Waals surface area contributed by atoms with Gasteiger partial charge in [-0.2, -0.15) is 0 Å². The van der Waals surface area contributed by atoms with Crippen molar-refractivity contribution in [2.45, 2.75) is 568 Å². The summed E-state index contributed by atoms with van der Waals surface area (Å²) in [6.07, 6.45) is 65.3. The summed E-state index contributed by atoms with van der Waals surface area (Å²) in [5.41, 5.74) is 0. The van der Waals surface area contributed by atoms with Crippen LogP contribution in [0.2, 0.25) is 0 Å². The standard InChI is InChI=1S/C94H183NO18/c1-3-5-7-9-11-13-15-17-19-21-23-25-27-29-31-33-35-36-37-38-39-40-42-44-46-48-50-52-54-56-58-60-62-64-66-68-70-72-82(100)95-77(78(99)71-69-67-65-63-61-59-57-55-53-51-49-47-45-43-41-34-32-30-28-26-24-22-20-18-16-14-12-10-8-6-4-2)76-108-92-88(106)85(103)90(80(74-97)110-92)113-94-89(107)86(104)91(81(75-98)111-94)112-93-87(105)84(102)83(101)79(73-96)109-93/h77-81,83-94,96-99,101-107H,3-76H2,1-2H3,(H,95,100). The van der Waals surface area contributed by atoms with Crippen molar-refractivity contribution < 1.29 is 89.4 Å². The van der Waals surface area contributed by atoms with Crippen molar-refractivity contribution in [2.75, 3.05) is 26.4 Å². The van der Waals surface area contributed by atoms with Crippen LogP contribution >= 0.6 is 0 Å². The summed E-state index contributed by atoms with van der Waals surface area (Å²) in [6, 6.07) is -0.885. The molecule has 0 bridgehead atoms. The van der Waals surface area contributed by atoms with Gasteiger partial charge in [-0.25, -0.2) is 0 Å². The van der Waals surface area contributed by atoms with Gasteiger partial charge in [0.05, 0.1) is 38.6 Å². The molecule has 0 spiro atoms. The Morgan fingerprint density at radius 1 is 0.283 bits per heavy atom. The molecule has 0 aliphatic carbocycles. The van der Waals surface area contributed by atoms with Gasteiger partial charge in [0.1, 0.15) is 73.2 Å². The van der Waals surface area contributed by atoms with E-state index in [0.29, 0.717) is 12.8 Å². The van der Waals surface area contributed by atoms with E-state index in [1.165, 1.54) is 385 Å². The van der Waals surface area contributed by atoms with Gasteiger partial charge in [0.2, 0.25) is 5.91 Å². The van der Waals surface area contributed by atoms with Gasteiger partial charge >= 0.3 is 0 Å². The molecule has 19 nitrogen and oxygen atoms in total. The Kier molecular flexibility index (Phi) is 70.0. The number of aliphatic hydroxyl groups is 11. The van der Waals surface area contributed by atoms with Crippen LogP contribution in [0, 0.1) is 0 Å². The molecule has 17 unspecified atom stereocenters. The average molecular weight is 1620 g/mol. The molecule has 113 heavy (non-hydrogen) atoms. The third kappa shape index (κ3) is 52.7. The summed E-state index contributed by atoms with van der Waals surface area (Å²) >= 11 is 0. The number of unbranched alkanes of at least 4 members (excludes halogenated alkanes) is 66. The van der Waals surface area contributed by atoms with Gasteiger partial charge in [0, 0.05) is 6.42 Å². The summed E-state index contributed by atoms with van der Waals surface area (Å²) < 4.78 is 34.7. The second kappa shape index (κ2) is 74.6. The maximum absolute atomic E-state index is 13.6. The lowest BCUT2D eigenvalue weighted by molar-refractivity contribution is -0.379. The van der Waals surface area contributed by atoms with Crippen LogP contribution in [0.15, 0.2) is 0 Å². The molecule has 0 aromatic carbocycles. The van der Waals surface area contributed by atoms with Crippen molar-refractivity contribution in [3.05, 3.63) is 0 Å². The lowest BCUT2D eigenvalue weighted by atomic mass is 9.96. The fourth-order valence-electron chi connectivity index (χ4n) is 17.2.